The summed E-state index contributed by atoms with van der Waals surface area (Å²) in [6.07, 6.45) is 7.16. The molecular weight excluding hydrogens is 288 g/mol. The van der Waals surface area contributed by atoms with Crippen molar-refractivity contribution in [3.8, 4) is 17.0 Å². The molecule has 0 saturated heterocycles. The lowest BCUT2D eigenvalue weighted by molar-refractivity contribution is 0.416. The minimum absolute atomic E-state index is 0.807. The van der Waals surface area contributed by atoms with E-state index < -0.39 is 0 Å². The number of imidazole rings is 1. The summed E-state index contributed by atoms with van der Waals surface area (Å²) in [4.78, 5) is 9.22. The number of pyridine rings is 1. The van der Waals surface area contributed by atoms with E-state index in [1.165, 1.54) is 11.1 Å². The molecule has 0 fully saturated rings. The van der Waals surface area contributed by atoms with Crippen LogP contribution in [0.1, 0.15) is 11.1 Å². The number of nitrogens with zero attached hydrogens (tertiary/aromatic N) is 3. The summed E-state index contributed by atoms with van der Waals surface area (Å²) in [5.74, 6) is 1.63. The van der Waals surface area contributed by atoms with Crippen LogP contribution in [0.2, 0.25) is 0 Å². The first kappa shape index (κ1) is 13.8. The van der Waals surface area contributed by atoms with Gasteiger partial charge in [-0.3, -0.25) is 4.98 Å². The van der Waals surface area contributed by atoms with E-state index in [-0.39, 0.29) is 0 Å². The van der Waals surface area contributed by atoms with Crippen LogP contribution in [0.3, 0.4) is 0 Å². The van der Waals surface area contributed by atoms with E-state index in [0.717, 1.165) is 40.4 Å². The van der Waals surface area contributed by atoms with Crippen LogP contribution in [-0.2, 0) is 13.5 Å². The van der Waals surface area contributed by atoms with Crippen LogP contribution in [0.25, 0.3) is 28.4 Å². The smallest absolute Gasteiger partial charge is 0.203 e. The first-order valence-electron chi connectivity index (χ1n) is 7.59. The molecule has 2 heterocycles. The number of nitrogens with one attached hydrogen (secondary N) is 1. The topological polar surface area (TPSA) is 52.0 Å². The van der Waals surface area contributed by atoms with Crippen LogP contribution in [0, 0.1) is 0 Å². The Kier molecular flexibility index (Phi) is 3.08. The monoisotopic (exact) mass is 306 g/mol. The van der Waals surface area contributed by atoms with Crippen molar-refractivity contribution < 1.29 is 4.74 Å². The Hall–Kier alpha value is -2.82. The lowest BCUT2D eigenvalue weighted by Crippen LogP contribution is -1.98. The van der Waals surface area contributed by atoms with Gasteiger partial charge in [-0.1, -0.05) is 12.2 Å². The molecule has 4 rings (SSSR count). The van der Waals surface area contributed by atoms with E-state index >= 15 is 0 Å². The van der Waals surface area contributed by atoms with Gasteiger partial charge in [0.05, 0.1) is 23.8 Å². The average molecular weight is 306 g/mol. The summed E-state index contributed by atoms with van der Waals surface area (Å²) in [6, 6.07) is 6.21. The summed E-state index contributed by atoms with van der Waals surface area (Å²) < 4.78 is 7.62. The van der Waals surface area contributed by atoms with Crippen molar-refractivity contribution in [3.05, 3.63) is 41.6 Å². The third-order valence-electron chi connectivity index (χ3n) is 4.36. The molecule has 5 heteroatoms. The molecule has 0 amide bonds. The zero-order valence-electron chi connectivity index (χ0n) is 13.4. The number of anilines is 1. The molecule has 1 aliphatic rings. The van der Waals surface area contributed by atoms with Crippen LogP contribution in [-0.4, -0.2) is 28.7 Å². The number of fused-ring (bicyclic) bond motifs is 2. The lowest BCUT2D eigenvalue weighted by atomic mass is 10.0. The maximum Gasteiger partial charge on any atom is 0.203 e. The highest BCUT2D eigenvalue weighted by Crippen LogP contribution is 2.35. The van der Waals surface area contributed by atoms with Crippen molar-refractivity contribution in [1.82, 2.24) is 14.5 Å². The average Bonchev–Trinajstić information content (AvgIpc) is 3.17. The second-order valence-electron chi connectivity index (χ2n) is 5.66. The quantitative estimate of drug-likeness (QED) is 0.807. The van der Waals surface area contributed by atoms with Crippen LogP contribution in [0.5, 0.6) is 5.75 Å². The van der Waals surface area contributed by atoms with E-state index in [1.807, 2.05) is 37.0 Å². The van der Waals surface area contributed by atoms with Gasteiger partial charge >= 0.3 is 0 Å². The Balaban J connectivity index is 1.92. The van der Waals surface area contributed by atoms with E-state index in [4.69, 9.17) is 4.74 Å². The fraction of sp³-hybridized carbons (Fsp3) is 0.222. The number of methoxy groups -OCH3 is 1. The molecule has 0 spiro atoms. The van der Waals surface area contributed by atoms with Crippen molar-refractivity contribution >= 4 is 23.1 Å². The molecule has 1 N–H and O–H groups in total. The second kappa shape index (κ2) is 5.12. The summed E-state index contributed by atoms with van der Waals surface area (Å²) >= 11 is 0. The molecule has 3 aromatic rings. The van der Waals surface area contributed by atoms with Crippen molar-refractivity contribution in [3.63, 3.8) is 0 Å². The molecule has 1 aromatic carbocycles. The molecular formula is C18H18N4O. The maximum atomic E-state index is 5.61. The van der Waals surface area contributed by atoms with Gasteiger partial charge in [0.2, 0.25) is 5.95 Å². The zero-order chi connectivity index (χ0) is 16.0. The van der Waals surface area contributed by atoms with Gasteiger partial charge in [-0.05, 0) is 29.7 Å². The minimum Gasteiger partial charge on any atom is -0.496 e. The maximum absolute atomic E-state index is 5.61. The molecule has 0 unspecified atom stereocenters. The third-order valence-corrected chi connectivity index (χ3v) is 4.36. The Labute approximate surface area is 134 Å². The van der Waals surface area contributed by atoms with Crippen molar-refractivity contribution in [2.24, 2.45) is 7.05 Å². The number of aromatic nitrogens is 3. The third kappa shape index (κ3) is 2.08. The number of hydrogen-bond donors (Lipinski definition) is 1. The lowest BCUT2D eigenvalue weighted by Gasteiger charge is -2.10. The van der Waals surface area contributed by atoms with Crippen LogP contribution >= 0.6 is 0 Å². The van der Waals surface area contributed by atoms with Gasteiger partial charge in [0.1, 0.15) is 5.75 Å². The highest BCUT2D eigenvalue weighted by molar-refractivity contribution is 5.87. The van der Waals surface area contributed by atoms with Gasteiger partial charge in [0, 0.05) is 31.9 Å². The van der Waals surface area contributed by atoms with Crippen LogP contribution < -0.4 is 10.1 Å². The Morgan fingerprint density at radius 3 is 2.91 bits per heavy atom. The molecule has 2 aromatic heterocycles. The molecule has 116 valence electrons. The normalized spacial score (nSPS) is 12.7. The molecule has 0 atom stereocenters. The van der Waals surface area contributed by atoms with E-state index in [1.54, 1.807) is 7.11 Å². The fourth-order valence-corrected chi connectivity index (χ4v) is 3.11. The number of ether oxygens (including phenoxy) is 1. The second-order valence-corrected chi connectivity index (χ2v) is 5.66. The first-order chi connectivity index (χ1) is 11.2. The van der Waals surface area contributed by atoms with Gasteiger partial charge in [0.15, 0.2) is 0 Å². The zero-order valence-corrected chi connectivity index (χ0v) is 13.4. The highest BCUT2D eigenvalue weighted by atomic mass is 16.5. The van der Waals surface area contributed by atoms with E-state index in [9.17, 15) is 0 Å². The summed E-state index contributed by atoms with van der Waals surface area (Å²) in [6.45, 7) is 0. The van der Waals surface area contributed by atoms with Crippen LogP contribution in [0.15, 0.2) is 30.5 Å². The highest BCUT2D eigenvalue weighted by Gasteiger charge is 2.16. The van der Waals surface area contributed by atoms with Gasteiger partial charge in [-0.2, -0.15) is 0 Å². The van der Waals surface area contributed by atoms with Crippen LogP contribution in [0.4, 0.5) is 5.95 Å². The summed E-state index contributed by atoms with van der Waals surface area (Å²) in [5, 5.41) is 3.10. The fourth-order valence-electron chi connectivity index (χ4n) is 3.11. The van der Waals surface area contributed by atoms with Gasteiger partial charge in [-0.25, -0.2) is 4.98 Å². The van der Waals surface area contributed by atoms with Crippen molar-refractivity contribution in [2.45, 2.75) is 6.42 Å². The summed E-state index contributed by atoms with van der Waals surface area (Å²) in [5.41, 5.74) is 6.34. The number of aryl methyl sites for hydroxylation is 1. The SMILES string of the molecule is CNc1nc2cc(-c3cc4c(cn3)C=CC4)c(OC)cc2n1C. The van der Waals surface area contributed by atoms with Gasteiger partial charge in [0.25, 0.3) is 0 Å². The number of benzene rings is 1. The molecule has 0 aliphatic heterocycles. The van der Waals surface area contributed by atoms with Crippen molar-refractivity contribution in [2.75, 3.05) is 19.5 Å². The number of hydrogen-bond acceptors (Lipinski definition) is 4. The molecule has 0 bridgehead atoms. The first-order valence-corrected chi connectivity index (χ1v) is 7.59. The Morgan fingerprint density at radius 1 is 1.26 bits per heavy atom. The summed E-state index contributed by atoms with van der Waals surface area (Å²) in [7, 11) is 5.54. The predicted octanol–water partition coefficient (Wildman–Crippen LogP) is 3.25. The van der Waals surface area contributed by atoms with E-state index in [2.05, 4.69) is 33.5 Å². The molecule has 0 saturated carbocycles. The standard InChI is InChI=1S/C18H18N4O/c1-19-18-21-15-8-13(17(23-3)9-16(15)22(18)2)14-7-11-5-4-6-12(11)10-20-14/h4,6-10H,5H2,1-3H3,(H,19,21). The Bertz CT molecular complexity index is 940. The van der Waals surface area contributed by atoms with Gasteiger partial charge in [-0.15, -0.1) is 0 Å². The minimum atomic E-state index is 0.807. The Morgan fingerprint density at radius 2 is 2.13 bits per heavy atom. The molecule has 23 heavy (non-hydrogen) atoms. The molecule has 1 aliphatic carbocycles. The number of allylic oxidation sites excluding steroid dienone is 1. The number of rotatable bonds is 3. The predicted molar refractivity (Wildman–Crippen MR) is 92.8 cm³/mol. The van der Waals surface area contributed by atoms with Gasteiger partial charge < -0.3 is 14.6 Å². The largest absolute Gasteiger partial charge is 0.496 e. The van der Waals surface area contributed by atoms with E-state index in [0.29, 0.717) is 0 Å². The van der Waals surface area contributed by atoms with Crippen molar-refractivity contribution in [1.29, 1.82) is 0 Å². The molecule has 0 radical (unpaired) electrons. The molecule has 5 nitrogen and oxygen atoms in total.